The van der Waals surface area contributed by atoms with E-state index >= 15 is 0 Å². The minimum Gasteiger partial charge on any atom is -0.350 e. The molecule has 0 atom stereocenters. The molecule has 0 saturated heterocycles. The van der Waals surface area contributed by atoms with Crippen molar-refractivity contribution in [3.8, 4) is 11.1 Å². The van der Waals surface area contributed by atoms with E-state index in [0.29, 0.717) is 18.0 Å². The molecule has 0 unspecified atom stereocenters. The maximum Gasteiger partial charge on any atom is 0.241 e. The van der Waals surface area contributed by atoms with E-state index in [1.807, 2.05) is 39.8 Å². The highest BCUT2D eigenvalue weighted by atomic mass is 15.3. The molecule has 1 saturated carbocycles. The monoisotopic (exact) mass is 348 g/mol. The molecule has 4 aromatic heterocycles. The molecule has 1 aliphatic rings. The van der Waals surface area contributed by atoms with Gasteiger partial charge in [0.05, 0.1) is 17.9 Å². The first-order chi connectivity index (χ1) is 12.7. The Morgan fingerprint density at radius 1 is 1.19 bits per heavy atom. The van der Waals surface area contributed by atoms with Crippen molar-refractivity contribution in [3.05, 3.63) is 42.7 Å². The molecule has 0 amide bonds. The van der Waals surface area contributed by atoms with Gasteiger partial charge < -0.3 is 11.1 Å². The van der Waals surface area contributed by atoms with Gasteiger partial charge in [-0.1, -0.05) is 6.92 Å². The average molecular weight is 348 g/mol. The number of nitrogens with zero attached hydrogens (tertiary/aromatic N) is 6. The Labute approximate surface area is 150 Å². The van der Waals surface area contributed by atoms with Crippen LogP contribution in [0.15, 0.2) is 37.1 Å². The smallest absolute Gasteiger partial charge is 0.241 e. The largest absolute Gasteiger partial charge is 0.350 e. The second kappa shape index (κ2) is 5.77. The third-order valence-electron chi connectivity index (χ3n) is 5.04. The highest BCUT2D eigenvalue weighted by Gasteiger charge is 2.26. The standard InChI is InChI=1S/C18H20N8/c1-2-14-8-22-18-21-7-11(10-25(14)18)15-3-4-26-16(15)9-20-17(24-26)23-13-5-12(19)6-13/h3-4,7-10,12-13H,2,5-6,19H2,1H3,(H,23,24)/t12-,13-. The van der Waals surface area contributed by atoms with Crippen molar-refractivity contribution in [2.45, 2.75) is 38.3 Å². The Morgan fingerprint density at radius 2 is 2.04 bits per heavy atom. The normalized spacial score (nSPS) is 19.8. The minimum absolute atomic E-state index is 0.299. The van der Waals surface area contributed by atoms with E-state index in [2.05, 4.69) is 38.5 Å². The van der Waals surface area contributed by atoms with Crippen LogP contribution in [0.3, 0.4) is 0 Å². The third kappa shape index (κ3) is 2.41. The van der Waals surface area contributed by atoms with Gasteiger partial charge in [0, 0.05) is 47.5 Å². The number of nitrogens with two attached hydrogens (primary N) is 1. The molecule has 4 aromatic rings. The lowest BCUT2D eigenvalue weighted by molar-refractivity contribution is 0.371. The van der Waals surface area contributed by atoms with Gasteiger partial charge in [0.2, 0.25) is 11.7 Å². The number of imidazole rings is 1. The highest BCUT2D eigenvalue weighted by molar-refractivity contribution is 5.79. The summed E-state index contributed by atoms with van der Waals surface area (Å²) in [5.74, 6) is 1.35. The van der Waals surface area contributed by atoms with Gasteiger partial charge in [-0.15, -0.1) is 5.10 Å². The van der Waals surface area contributed by atoms with Gasteiger partial charge in [-0.25, -0.2) is 19.5 Å². The fraction of sp³-hybridized carbons (Fsp3) is 0.333. The van der Waals surface area contributed by atoms with E-state index < -0.39 is 0 Å². The lowest BCUT2D eigenvalue weighted by atomic mass is 9.88. The molecule has 26 heavy (non-hydrogen) atoms. The molecule has 5 rings (SSSR count). The van der Waals surface area contributed by atoms with Gasteiger partial charge in [0.1, 0.15) is 0 Å². The van der Waals surface area contributed by atoms with Crippen molar-refractivity contribution >= 4 is 17.2 Å². The van der Waals surface area contributed by atoms with Crippen molar-refractivity contribution in [2.75, 3.05) is 5.32 Å². The quantitative estimate of drug-likeness (QED) is 0.584. The van der Waals surface area contributed by atoms with Crippen LogP contribution >= 0.6 is 0 Å². The summed E-state index contributed by atoms with van der Waals surface area (Å²) in [6, 6.07) is 2.71. The molecule has 0 aliphatic heterocycles. The number of aromatic nitrogens is 6. The van der Waals surface area contributed by atoms with Gasteiger partial charge in [0.25, 0.3) is 0 Å². The molecule has 1 aliphatic carbocycles. The molecule has 1 fully saturated rings. The summed E-state index contributed by atoms with van der Waals surface area (Å²) in [4.78, 5) is 13.3. The predicted octanol–water partition coefficient (Wildman–Crippen LogP) is 1.90. The number of rotatable bonds is 4. The highest BCUT2D eigenvalue weighted by Crippen LogP contribution is 2.26. The Bertz CT molecular complexity index is 1090. The number of fused-ring (bicyclic) bond motifs is 2. The van der Waals surface area contributed by atoms with Crippen LogP contribution in [-0.4, -0.2) is 41.1 Å². The molecule has 8 heteroatoms. The third-order valence-corrected chi connectivity index (χ3v) is 5.04. The zero-order chi connectivity index (χ0) is 17.7. The molecule has 0 radical (unpaired) electrons. The molecule has 4 heterocycles. The number of nitrogens with one attached hydrogen (secondary N) is 1. The van der Waals surface area contributed by atoms with Crippen molar-refractivity contribution in [1.29, 1.82) is 0 Å². The molecular weight excluding hydrogens is 328 g/mol. The average Bonchev–Trinajstić information content (AvgIpc) is 3.23. The van der Waals surface area contributed by atoms with Crippen LogP contribution in [0.1, 0.15) is 25.5 Å². The molecule has 132 valence electrons. The minimum atomic E-state index is 0.299. The molecular formula is C18H20N8. The van der Waals surface area contributed by atoms with Crippen LogP contribution in [0.2, 0.25) is 0 Å². The Morgan fingerprint density at radius 3 is 2.85 bits per heavy atom. The maximum absolute atomic E-state index is 5.83. The van der Waals surface area contributed by atoms with E-state index in [9.17, 15) is 0 Å². The summed E-state index contributed by atoms with van der Waals surface area (Å²) in [6.45, 7) is 2.11. The zero-order valence-electron chi connectivity index (χ0n) is 14.5. The summed E-state index contributed by atoms with van der Waals surface area (Å²) >= 11 is 0. The van der Waals surface area contributed by atoms with Gasteiger partial charge in [0.15, 0.2) is 0 Å². The van der Waals surface area contributed by atoms with Crippen molar-refractivity contribution in [1.82, 2.24) is 29.0 Å². The van der Waals surface area contributed by atoms with E-state index in [0.717, 1.165) is 47.4 Å². The fourth-order valence-corrected chi connectivity index (χ4v) is 3.49. The summed E-state index contributed by atoms with van der Waals surface area (Å²) in [5, 5.41) is 7.91. The van der Waals surface area contributed by atoms with Crippen LogP contribution in [0.4, 0.5) is 5.95 Å². The number of hydrogen-bond donors (Lipinski definition) is 2. The Balaban J connectivity index is 1.51. The van der Waals surface area contributed by atoms with Crippen LogP contribution in [0.5, 0.6) is 0 Å². The van der Waals surface area contributed by atoms with Gasteiger partial charge >= 0.3 is 0 Å². The molecule has 8 nitrogen and oxygen atoms in total. The second-order valence-electron chi connectivity index (χ2n) is 6.83. The van der Waals surface area contributed by atoms with Crippen molar-refractivity contribution in [3.63, 3.8) is 0 Å². The van der Waals surface area contributed by atoms with Crippen LogP contribution in [0, 0.1) is 0 Å². The van der Waals surface area contributed by atoms with Crippen LogP contribution in [0.25, 0.3) is 22.4 Å². The molecule has 0 aromatic carbocycles. The van der Waals surface area contributed by atoms with Crippen LogP contribution < -0.4 is 11.1 Å². The first-order valence-corrected chi connectivity index (χ1v) is 8.90. The lowest BCUT2D eigenvalue weighted by Crippen LogP contribution is -2.44. The summed E-state index contributed by atoms with van der Waals surface area (Å²) in [5.41, 5.74) is 9.98. The van der Waals surface area contributed by atoms with Gasteiger partial charge in [-0.05, 0) is 25.3 Å². The maximum atomic E-state index is 5.83. The zero-order valence-corrected chi connectivity index (χ0v) is 14.5. The topological polar surface area (TPSA) is 98.4 Å². The Hall–Kier alpha value is -3.00. The van der Waals surface area contributed by atoms with Crippen molar-refractivity contribution in [2.24, 2.45) is 5.73 Å². The number of anilines is 1. The van der Waals surface area contributed by atoms with Crippen molar-refractivity contribution < 1.29 is 0 Å². The van der Waals surface area contributed by atoms with E-state index in [4.69, 9.17) is 5.73 Å². The van der Waals surface area contributed by atoms with E-state index in [-0.39, 0.29) is 0 Å². The molecule has 0 spiro atoms. The summed E-state index contributed by atoms with van der Waals surface area (Å²) in [7, 11) is 0. The van der Waals surface area contributed by atoms with Crippen LogP contribution in [-0.2, 0) is 6.42 Å². The first-order valence-electron chi connectivity index (χ1n) is 8.90. The predicted molar refractivity (Wildman–Crippen MR) is 99.0 cm³/mol. The van der Waals surface area contributed by atoms with Gasteiger partial charge in [-0.3, -0.25) is 4.40 Å². The second-order valence-corrected chi connectivity index (χ2v) is 6.83. The molecule has 3 N–H and O–H groups in total. The summed E-state index contributed by atoms with van der Waals surface area (Å²) < 4.78 is 3.89. The SMILES string of the molecule is CCc1cnc2ncc(-c3ccn4nc(N[C@H]5C[C@H](N)C5)ncc34)cn12. The fourth-order valence-electron chi connectivity index (χ4n) is 3.49. The van der Waals surface area contributed by atoms with Gasteiger partial charge in [-0.2, -0.15) is 0 Å². The van der Waals surface area contributed by atoms with E-state index in [1.54, 1.807) is 0 Å². The van der Waals surface area contributed by atoms with E-state index in [1.165, 1.54) is 0 Å². The molecule has 0 bridgehead atoms. The first kappa shape index (κ1) is 15.3. The number of aryl methyl sites for hydroxylation is 1. The lowest BCUT2D eigenvalue weighted by Gasteiger charge is -2.32. The number of hydrogen-bond acceptors (Lipinski definition) is 6. The Kier molecular flexibility index (Phi) is 3.39. The summed E-state index contributed by atoms with van der Waals surface area (Å²) in [6.07, 6.45) is 12.4.